The first kappa shape index (κ1) is 14.1. The van der Waals surface area contributed by atoms with Gasteiger partial charge in [-0.25, -0.2) is 0 Å². The van der Waals surface area contributed by atoms with Gasteiger partial charge in [-0.1, -0.05) is 44.2 Å². The molecule has 1 aromatic rings. The fourth-order valence-corrected chi connectivity index (χ4v) is 2.91. The molecule has 1 aliphatic heterocycles. The fraction of sp³-hybridized carbons (Fsp3) is 0.562. The van der Waals surface area contributed by atoms with E-state index < -0.39 is 0 Å². The monoisotopic (exact) mass is 260 g/mol. The lowest BCUT2D eigenvalue weighted by molar-refractivity contribution is -0.121. The maximum Gasteiger partial charge on any atom is 0.222 e. The van der Waals surface area contributed by atoms with Crippen LogP contribution in [0, 0.1) is 11.8 Å². The molecular weight excluding hydrogens is 236 g/mol. The van der Waals surface area contributed by atoms with E-state index in [9.17, 15) is 4.79 Å². The van der Waals surface area contributed by atoms with Crippen molar-refractivity contribution >= 4 is 5.91 Å². The van der Waals surface area contributed by atoms with Crippen LogP contribution >= 0.6 is 0 Å². The quantitative estimate of drug-likeness (QED) is 0.902. The van der Waals surface area contributed by atoms with Crippen LogP contribution in [0.25, 0.3) is 0 Å². The van der Waals surface area contributed by atoms with E-state index in [4.69, 9.17) is 5.73 Å². The molecule has 3 nitrogen and oxygen atoms in total. The van der Waals surface area contributed by atoms with Crippen LogP contribution in [-0.2, 0) is 4.79 Å². The standard InChI is InChI=1S/C16H24N2O/c1-11(2)12(3)18-9-14(15(10-18)16(17)19)13-7-5-4-6-8-13/h4-8,11-12,14-15H,9-10H2,1-3H3,(H2,17,19)/t12?,14-,15+/m1/s1. The number of rotatable bonds is 4. The predicted octanol–water partition coefficient (Wildman–Crippen LogP) is 2.23. The number of likely N-dealkylation sites (tertiary alicyclic amines) is 1. The third-order valence-corrected chi connectivity index (χ3v) is 4.48. The number of amides is 1. The van der Waals surface area contributed by atoms with Crippen molar-refractivity contribution in [3.63, 3.8) is 0 Å². The number of benzene rings is 1. The normalized spacial score (nSPS) is 25.7. The lowest BCUT2D eigenvalue weighted by Gasteiger charge is -2.27. The highest BCUT2D eigenvalue weighted by molar-refractivity contribution is 5.78. The number of nitrogens with two attached hydrogens (primary N) is 1. The van der Waals surface area contributed by atoms with E-state index in [0.29, 0.717) is 12.0 Å². The van der Waals surface area contributed by atoms with Crippen molar-refractivity contribution in [2.24, 2.45) is 17.6 Å². The third-order valence-electron chi connectivity index (χ3n) is 4.48. The first-order valence-corrected chi connectivity index (χ1v) is 7.09. The van der Waals surface area contributed by atoms with Gasteiger partial charge in [-0.05, 0) is 18.4 Å². The van der Waals surface area contributed by atoms with Crippen molar-refractivity contribution in [2.45, 2.75) is 32.7 Å². The van der Waals surface area contributed by atoms with Crippen molar-refractivity contribution in [3.05, 3.63) is 35.9 Å². The lowest BCUT2D eigenvalue weighted by atomic mass is 9.88. The second kappa shape index (κ2) is 5.74. The molecule has 0 spiro atoms. The molecule has 2 N–H and O–H groups in total. The molecule has 0 aliphatic carbocycles. The molecule has 1 amide bonds. The Bertz CT molecular complexity index is 430. The summed E-state index contributed by atoms with van der Waals surface area (Å²) < 4.78 is 0. The van der Waals surface area contributed by atoms with Crippen LogP contribution in [0.3, 0.4) is 0 Å². The summed E-state index contributed by atoms with van der Waals surface area (Å²) in [7, 11) is 0. The number of hydrogen-bond donors (Lipinski definition) is 1. The van der Waals surface area contributed by atoms with Gasteiger partial charge in [-0.3, -0.25) is 9.69 Å². The Hall–Kier alpha value is -1.35. The molecule has 1 aliphatic rings. The summed E-state index contributed by atoms with van der Waals surface area (Å²) in [5.41, 5.74) is 6.82. The Balaban J connectivity index is 2.20. The maximum atomic E-state index is 11.7. The maximum absolute atomic E-state index is 11.7. The topological polar surface area (TPSA) is 46.3 Å². The van der Waals surface area contributed by atoms with Gasteiger partial charge in [0.05, 0.1) is 5.92 Å². The molecule has 0 aromatic heterocycles. The SMILES string of the molecule is CC(C)C(C)N1C[C@H](C(N)=O)[C@@H](c2ccccc2)C1. The third kappa shape index (κ3) is 2.98. The molecule has 1 saturated heterocycles. The Morgan fingerprint density at radius 2 is 1.84 bits per heavy atom. The van der Waals surface area contributed by atoms with Gasteiger partial charge in [-0.15, -0.1) is 0 Å². The molecule has 19 heavy (non-hydrogen) atoms. The highest BCUT2D eigenvalue weighted by Gasteiger charge is 2.39. The minimum absolute atomic E-state index is 0.0661. The molecule has 3 heteroatoms. The van der Waals surface area contributed by atoms with Gasteiger partial charge in [0.15, 0.2) is 0 Å². The van der Waals surface area contributed by atoms with E-state index in [-0.39, 0.29) is 17.7 Å². The Morgan fingerprint density at radius 3 is 2.37 bits per heavy atom. The smallest absolute Gasteiger partial charge is 0.222 e. The molecule has 3 atom stereocenters. The molecule has 0 bridgehead atoms. The average Bonchev–Trinajstić information content (AvgIpc) is 2.83. The average molecular weight is 260 g/mol. The zero-order valence-corrected chi connectivity index (χ0v) is 12.0. The van der Waals surface area contributed by atoms with Crippen LogP contribution in [-0.4, -0.2) is 29.9 Å². The van der Waals surface area contributed by atoms with Crippen LogP contribution < -0.4 is 5.73 Å². The summed E-state index contributed by atoms with van der Waals surface area (Å²) in [6, 6.07) is 10.8. The Labute approximate surface area is 115 Å². The molecular formula is C16H24N2O. The van der Waals surface area contributed by atoms with E-state index in [0.717, 1.165) is 13.1 Å². The van der Waals surface area contributed by atoms with Crippen LogP contribution in [0.5, 0.6) is 0 Å². The first-order valence-electron chi connectivity index (χ1n) is 7.09. The largest absolute Gasteiger partial charge is 0.369 e. The van der Waals surface area contributed by atoms with Gasteiger partial charge in [-0.2, -0.15) is 0 Å². The van der Waals surface area contributed by atoms with Crippen LogP contribution in [0.1, 0.15) is 32.3 Å². The molecule has 0 saturated carbocycles. The van der Waals surface area contributed by atoms with Gasteiger partial charge in [0.1, 0.15) is 0 Å². The summed E-state index contributed by atoms with van der Waals surface area (Å²) in [6.07, 6.45) is 0. The molecule has 1 unspecified atom stereocenters. The second-order valence-corrected chi connectivity index (χ2v) is 5.96. The van der Waals surface area contributed by atoms with E-state index in [1.165, 1.54) is 5.56 Å². The first-order chi connectivity index (χ1) is 9.00. The highest BCUT2D eigenvalue weighted by atomic mass is 16.1. The van der Waals surface area contributed by atoms with Gasteiger partial charge < -0.3 is 5.73 Å². The van der Waals surface area contributed by atoms with E-state index in [1.54, 1.807) is 0 Å². The number of carbonyl (C=O) groups is 1. The van der Waals surface area contributed by atoms with E-state index in [2.05, 4.69) is 37.8 Å². The number of primary amides is 1. The van der Waals surface area contributed by atoms with Crippen molar-refractivity contribution < 1.29 is 4.79 Å². The van der Waals surface area contributed by atoms with Gasteiger partial charge in [0.2, 0.25) is 5.91 Å². The van der Waals surface area contributed by atoms with Crippen LogP contribution in [0.2, 0.25) is 0 Å². The summed E-state index contributed by atoms with van der Waals surface area (Å²) >= 11 is 0. The van der Waals surface area contributed by atoms with E-state index >= 15 is 0 Å². The van der Waals surface area contributed by atoms with Crippen molar-refractivity contribution in [1.82, 2.24) is 4.90 Å². The minimum atomic E-state index is -0.174. The summed E-state index contributed by atoms with van der Waals surface area (Å²) in [6.45, 7) is 8.39. The molecule has 1 aromatic carbocycles. The molecule has 1 fully saturated rings. The highest BCUT2D eigenvalue weighted by Crippen LogP contribution is 2.34. The summed E-state index contributed by atoms with van der Waals surface area (Å²) in [5, 5.41) is 0. The van der Waals surface area contributed by atoms with Crippen molar-refractivity contribution in [3.8, 4) is 0 Å². The molecule has 0 radical (unpaired) electrons. The van der Waals surface area contributed by atoms with Crippen LogP contribution in [0.15, 0.2) is 30.3 Å². The van der Waals surface area contributed by atoms with Crippen molar-refractivity contribution in [2.75, 3.05) is 13.1 Å². The summed E-state index contributed by atoms with van der Waals surface area (Å²) in [4.78, 5) is 14.1. The number of hydrogen-bond acceptors (Lipinski definition) is 2. The Morgan fingerprint density at radius 1 is 1.21 bits per heavy atom. The minimum Gasteiger partial charge on any atom is -0.369 e. The molecule has 104 valence electrons. The van der Waals surface area contributed by atoms with Crippen molar-refractivity contribution in [1.29, 1.82) is 0 Å². The number of nitrogens with zero attached hydrogens (tertiary/aromatic N) is 1. The fourth-order valence-electron chi connectivity index (χ4n) is 2.91. The molecule has 1 heterocycles. The lowest BCUT2D eigenvalue weighted by Crippen LogP contribution is -2.36. The molecule has 2 rings (SSSR count). The predicted molar refractivity (Wildman–Crippen MR) is 77.7 cm³/mol. The van der Waals surface area contributed by atoms with Gasteiger partial charge in [0.25, 0.3) is 0 Å². The zero-order chi connectivity index (χ0) is 14.0. The van der Waals surface area contributed by atoms with E-state index in [1.807, 2.05) is 18.2 Å². The summed E-state index contributed by atoms with van der Waals surface area (Å²) in [5.74, 6) is 0.582. The zero-order valence-electron chi connectivity index (χ0n) is 12.0. The van der Waals surface area contributed by atoms with Gasteiger partial charge in [0, 0.05) is 25.0 Å². The Kier molecular flexibility index (Phi) is 4.25. The van der Waals surface area contributed by atoms with Crippen LogP contribution in [0.4, 0.5) is 0 Å². The second-order valence-electron chi connectivity index (χ2n) is 5.96. The van der Waals surface area contributed by atoms with Gasteiger partial charge >= 0.3 is 0 Å². The number of carbonyl (C=O) groups excluding carboxylic acids is 1.